The van der Waals surface area contributed by atoms with Gasteiger partial charge in [0.1, 0.15) is 0 Å². The molecular weight excluding hydrogens is 601 g/mol. The second kappa shape index (κ2) is 11.6. The molecule has 0 aliphatic carbocycles. The van der Waals surface area contributed by atoms with E-state index in [0.29, 0.717) is 44.2 Å². The first-order valence-corrected chi connectivity index (χ1v) is 16.8. The van der Waals surface area contributed by atoms with Gasteiger partial charge in [-0.2, -0.15) is 0 Å². The van der Waals surface area contributed by atoms with Crippen LogP contribution in [0.3, 0.4) is 0 Å². The van der Waals surface area contributed by atoms with Gasteiger partial charge in [0.05, 0.1) is 9.60 Å². The summed E-state index contributed by atoms with van der Waals surface area (Å²) in [5.74, 6) is 0. The molecule has 0 unspecified atom stereocenters. The van der Waals surface area contributed by atoms with Gasteiger partial charge in [0.25, 0.3) is 0 Å². The lowest BCUT2D eigenvalue weighted by Gasteiger charge is -2.20. The van der Waals surface area contributed by atoms with Crippen LogP contribution in [0, 0.1) is 0 Å². The van der Waals surface area contributed by atoms with Gasteiger partial charge in [-0.05, 0) is 110 Å². The van der Waals surface area contributed by atoms with Gasteiger partial charge in [0, 0.05) is 0 Å². The third-order valence-corrected chi connectivity index (χ3v) is 9.87. The molecule has 0 nitrogen and oxygen atoms in total. The Bertz CT molecular complexity index is 3300. The normalized spacial score (nSPS) is 13.6. The highest BCUT2D eigenvalue weighted by atomic mass is 14.2. The maximum atomic E-state index is 10.2. The molecule has 10 rings (SSSR count). The van der Waals surface area contributed by atoms with E-state index in [9.17, 15) is 6.85 Å². The fourth-order valence-corrected chi connectivity index (χ4v) is 7.50. The SMILES string of the molecule is [2H]c1c([2H])c([2H])c2c(-c3cccc4ccccc34)c3c([2H])c([2H])c(-c4cccc5ccccc45)c([2H])c3c(-c3ccc(-c4ccc5ccccc5c4)cc3)c2c1[2H]. The van der Waals surface area contributed by atoms with Crippen LogP contribution in [0.25, 0.3) is 98.4 Å². The van der Waals surface area contributed by atoms with Gasteiger partial charge in [-0.1, -0.05) is 182 Å². The number of rotatable bonds is 4. The molecule has 0 fully saturated rings. The lowest BCUT2D eigenvalue weighted by atomic mass is 9.83. The first-order valence-electron chi connectivity index (χ1n) is 20.3. The summed E-state index contributed by atoms with van der Waals surface area (Å²) in [7, 11) is 0. The van der Waals surface area contributed by atoms with E-state index in [1.165, 1.54) is 0 Å². The number of fused-ring (bicyclic) bond motifs is 5. The van der Waals surface area contributed by atoms with E-state index in [2.05, 4.69) is 30.3 Å². The third kappa shape index (κ3) is 4.61. The van der Waals surface area contributed by atoms with E-state index in [-0.39, 0.29) is 53.1 Å². The minimum absolute atomic E-state index is 0.0201. The van der Waals surface area contributed by atoms with Crippen molar-refractivity contribution in [3.63, 3.8) is 0 Å². The maximum absolute atomic E-state index is 10.2. The first kappa shape index (κ1) is 22.2. The van der Waals surface area contributed by atoms with Crippen molar-refractivity contribution in [2.75, 3.05) is 0 Å². The van der Waals surface area contributed by atoms with Crippen LogP contribution in [0.4, 0.5) is 0 Å². The molecule has 0 aliphatic heterocycles. The molecule has 0 atom stereocenters. The molecule has 0 amide bonds. The predicted octanol–water partition coefficient (Wildman–Crippen LogP) is 14.1. The zero-order valence-electron chi connectivity index (χ0n) is 33.9. The van der Waals surface area contributed by atoms with E-state index in [1.807, 2.05) is 121 Å². The van der Waals surface area contributed by atoms with E-state index in [1.54, 1.807) is 0 Å². The monoisotopic (exact) mass is 639 g/mol. The minimum Gasteiger partial charge on any atom is -0.0616 e. The highest BCUT2D eigenvalue weighted by Gasteiger charge is 2.19. The van der Waals surface area contributed by atoms with Gasteiger partial charge in [-0.15, -0.1) is 0 Å². The van der Waals surface area contributed by atoms with E-state index < -0.39 is 0 Å². The lowest BCUT2D eigenvalue weighted by Crippen LogP contribution is -1.93. The van der Waals surface area contributed by atoms with Crippen molar-refractivity contribution in [1.29, 1.82) is 0 Å². The summed E-state index contributed by atoms with van der Waals surface area (Å²) < 4.78 is 66.5. The topological polar surface area (TPSA) is 0 Å². The Morgan fingerprint density at radius 3 is 1.58 bits per heavy atom. The molecule has 0 heterocycles. The molecule has 0 spiro atoms. The number of hydrogen-bond donors (Lipinski definition) is 0. The summed E-state index contributed by atoms with van der Waals surface area (Å²) in [6.45, 7) is 0. The molecule has 0 saturated carbocycles. The molecule has 0 aliphatic rings. The first-order chi connectivity index (χ1) is 27.7. The van der Waals surface area contributed by atoms with Gasteiger partial charge in [-0.3, -0.25) is 0 Å². The molecule has 50 heavy (non-hydrogen) atoms. The van der Waals surface area contributed by atoms with Crippen molar-refractivity contribution in [1.82, 2.24) is 0 Å². The Balaban J connectivity index is 1.40. The van der Waals surface area contributed by atoms with Gasteiger partial charge in [-0.25, -0.2) is 0 Å². The average molecular weight is 640 g/mol. The second-order valence-electron chi connectivity index (χ2n) is 12.7. The number of benzene rings is 10. The molecule has 0 aromatic heterocycles. The Morgan fingerprint density at radius 1 is 0.300 bits per heavy atom. The van der Waals surface area contributed by atoms with Crippen LogP contribution in [0.5, 0.6) is 0 Å². The van der Waals surface area contributed by atoms with Crippen molar-refractivity contribution in [3.05, 3.63) is 194 Å². The van der Waals surface area contributed by atoms with E-state index in [0.717, 1.165) is 43.4 Å². The zero-order chi connectivity index (χ0) is 39.1. The van der Waals surface area contributed by atoms with Crippen LogP contribution in [0.2, 0.25) is 0 Å². The standard InChI is InChI=1S/C50H32/c1-2-14-38-31-39(28-25-33(38)11-1)34-23-26-37(27-24-34)49-45-19-7-8-20-46(45)50(44-22-10-16-36-13-4-6-18-42(36)44)47-30-29-40(32-48(47)49)43-21-9-15-35-12-3-5-17-41(35)43/h1-32H/i7D,8D,19D,20D,29D,30D,32D. The van der Waals surface area contributed by atoms with Crippen LogP contribution >= 0.6 is 0 Å². The summed E-state index contributed by atoms with van der Waals surface area (Å²) in [6, 6.07) is 48.1. The Hall–Kier alpha value is -6.50. The summed E-state index contributed by atoms with van der Waals surface area (Å²) in [6.07, 6.45) is 0. The van der Waals surface area contributed by atoms with Gasteiger partial charge >= 0.3 is 0 Å². The maximum Gasteiger partial charge on any atom is 0.0636 e. The van der Waals surface area contributed by atoms with Gasteiger partial charge in [0.2, 0.25) is 0 Å². The van der Waals surface area contributed by atoms with Crippen LogP contribution in [0.1, 0.15) is 9.60 Å². The highest BCUT2D eigenvalue weighted by Crippen LogP contribution is 2.47. The zero-order valence-corrected chi connectivity index (χ0v) is 26.9. The minimum atomic E-state index is -0.387. The van der Waals surface area contributed by atoms with Gasteiger partial charge < -0.3 is 0 Å². The molecule has 0 radical (unpaired) electrons. The summed E-state index contributed by atoms with van der Waals surface area (Å²) in [5.41, 5.74) is 5.08. The highest BCUT2D eigenvalue weighted by molar-refractivity contribution is 6.24. The third-order valence-electron chi connectivity index (χ3n) is 9.87. The number of hydrogen-bond acceptors (Lipinski definition) is 0. The summed E-state index contributed by atoms with van der Waals surface area (Å²) >= 11 is 0. The van der Waals surface area contributed by atoms with E-state index >= 15 is 0 Å². The largest absolute Gasteiger partial charge is 0.0636 e. The summed E-state index contributed by atoms with van der Waals surface area (Å²) in [4.78, 5) is 0. The van der Waals surface area contributed by atoms with Crippen molar-refractivity contribution < 1.29 is 9.60 Å². The quantitative estimate of drug-likeness (QED) is 0.168. The fraction of sp³-hybridized carbons (Fsp3) is 0. The summed E-state index contributed by atoms with van der Waals surface area (Å²) in [5, 5.41) is 6.97. The van der Waals surface area contributed by atoms with Crippen molar-refractivity contribution >= 4 is 53.9 Å². The van der Waals surface area contributed by atoms with Crippen molar-refractivity contribution in [2.45, 2.75) is 0 Å². The molecule has 0 bridgehead atoms. The van der Waals surface area contributed by atoms with Crippen molar-refractivity contribution in [2.24, 2.45) is 0 Å². The van der Waals surface area contributed by atoms with Crippen molar-refractivity contribution in [3.8, 4) is 44.5 Å². The van der Waals surface area contributed by atoms with Crippen LogP contribution in [0.15, 0.2) is 194 Å². The fourth-order valence-electron chi connectivity index (χ4n) is 7.50. The second-order valence-corrected chi connectivity index (χ2v) is 12.7. The molecule has 10 aromatic carbocycles. The molecule has 0 N–H and O–H groups in total. The smallest absolute Gasteiger partial charge is 0.0616 e. The Kier molecular flexibility index (Phi) is 5.14. The van der Waals surface area contributed by atoms with Crippen LogP contribution in [-0.4, -0.2) is 0 Å². The Morgan fingerprint density at radius 2 is 0.840 bits per heavy atom. The molecule has 0 saturated heterocycles. The lowest BCUT2D eigenvalue weighted by molar-refractivity contribution is 1.62. The van der Waals surface area contributed by atoms with Crippen LogP contribution < -0.4 is 0 Å². The predicted molar refractivity (Wildman–Crippen MR) is 216 cm³/mol. The average Bonchev–Trinajstić information content (AvgIpc) is 3.25. The van der Waals surface area contributed by atoms with E-state index in [4.69, 9.17) is 2.74 Å². The molecule has 10 aromatic rings. The van der Waals surface area contributed by atoms with Gasteiger partial charge in [0.15, 0.2) is 0 Å². The Labute approximate surface area is 301 Å². The molecule has 232 valence electrons. The van der Waals surface area contributed by atoms with Crippen LogP contribution in [-0.2, 0) is 0 Å². The molecular formula is C50H32. The molecule has 0 heteroatoms.